The molecule has 2 atom stereocenters. The Bertz CT molecular complexity index is 754. The Labute approximate surface area is 183 Å². The number of benzene rings is 1. The van der Waals surface area contributed by atoms with E-state index in [-0.39, 0.29) is 5.75 Å². The van der Waals surface area contributed by atoms with E-state index in [1.54, 1.807) is 14.0 Å². The van der Waals surface area contributed by atoms with E-state index in [1.807, 2.05) is 0 Å². The number of hydrogen-bond donors (Lipinski definition) is 2. The van der Waals surface area contributed by atoms with Gasteiger partial charge in [-0.25, -0.2) is 12.7 Å². The molecule has 1 aliphatic heterocycles. The van der Waals surface area contributed by atoms with Gasteiger partial charge in [0.2, 0.25) is 10.0 Å². The van der Waals surface area contributed by atoms with Crippen LogP contribution in [0.4, 0.5) is 0 Å². The first kappa shape index (κ1) is 24.6. The largest absolute Gasteiger partial charge is 0.357 e. The van der Waals surface area contributed by atoms with E-state index in [1.165, 1.54) is 9.87 Å². The lowest BCUT2D eigenvalue weighted by molar-refractivity contribution is 0.134. The average molecular weight is 438 g/mol. The average Bonchev–Trinajstić information content (AvgIpc) is 2.73. The van der Waals surface area contributed by atoms with E-state index in [9.17, 15) is 8.42 Å². The summed E-state index contributed by atoms with van der Waals surface area (Å²) in [6.07, 6.45) is 2.87. The Hall–Kier alpha value is -1.64. The Morgan fingerprint density at radius 3 is 2.63 bits per heavy atom. The van der Waals surface area contributed by atoms with Crippen LogP contribution in [-0.4, -0.2) is 74.6 Å². The molecule has 0 aliphatic carbocycles. The van der Waals surface area contributed by atoms with Crippen molar-refractivity contribution in [2.45, 2.75) is 58.7 Å². The first-order valence-corrected chi connectivity index (χ1v) is 12.7. The van der Waals surface area contributed by atoms with Crippen molar-refractivity contribution in [1.82, 2.24) is 19.8 Å². The third-order valence-electron chi connectivity index (χ3n) is 5.67. The highest BCUT2D eigenvalue weighted by Gasteiger charge is 2.26. The third-order valence-corrected chi connectivity index (χ3v) is 7.53. The van der Waals surface area contributed by atoms with Crippen LogP contribution in [0.1, 0.15) is 45.6 Å². The molecular weight excluding hydrogens is 398 g/mol. The number of guanidine groups is 1. The summed E-state index contributed by atoms with van der Waals surface area (Å²) in [6, 6.07) is 11.5. The number of piperidine rings is 1. The van der Waals surface area contributed by atoms with Gasteiger partial charge in [0, 0.05) is 51.9 Å². The van der Waals surface area contributed by atoms with Gasteiger partial charge in [0.15, 0.2) is 5.96 Å². The summed E-state index contributed by atoms with van der Waals surface area (Å²) in [5.41, 5.74) is 1.36. The van der Waals surface area contributed by atoms with Crippen molar-refractivity contribution < 1.29 is 8.42 Å². The quantitative estimate of drug-likeness (QED) is 0.334. The Morgan fingerprint density at radius 1 is 1.27 bits per heavy atom. The predicted molar refractivity (Wildman–Crippen MR) is 125 cm³/mol. The zero-order valence-corrected chi connectivity index (χ0v) is 19.8. The van der Waals surface area contributed by atoms with E-state index in [4.69, 9.17) is 0 Å². The molecule has 1 heterocycles. The first-order valence-electron chi connectivity index (χ1n) is 11.1. The van der Waals surface area contributed by atoms with E-state index in [0.717, 1.165) is 38.4 Å². The second-order valence-electron chi connectivity index (χ2n) is 8.01. The van der Waals surface area contributed by atoms with Crippen LogP contribution in [0, 0.1) is 0 Å². The smallest absolute Gasteiger partial charge is 0.213 e. The second kappa shape index (κ2) is 12.3. The molecule has 0 radical (unpaired) electrons. The molecule has 1 aliphatic rings. The molecule has 1 saturated heterocycles. The minimum absolute atomic E-state index is 0.137. The number of hydrogen-bond acceptors (Lipinski definition) is 4. The molecule has 8 heteroatoms. The number of nitrogens with zero attached hydrogens (tertiary/aromatic N) is 3. The summed E-state index contributed by atoms with van der Waals surface area (Å²) in [5.74, 6) is 0.963. The molecule has 1 aromatic carbocycles. The molecule has 0 saturated carbocycles. The van der Waals surface area contributed by atoms with Gasteiger partial charge in [-0.05, 0) is 45.6 Å². The minimum Gasteiger partial charge on any atom is -0.357 e. The SMILES string of the molecule is CCNC(=NCCCN(C)S(=O)(=O)CC)NC1CCN(Cc2ccccc2)C(C)C1. The summed E-state index contributed by atoms with van der Waals surface area (Å²) >= 11 is 0. The maximum atomic E-state index is 11.8. The Balaban J connectivity index is 1.81. The van der Waals surface area contributed by atoms with Crippen molar-refractivity contribution in [3.05, 3.63) is 35.9 Å². The van der Waals surface area contributed by atoms with Crippen molar-refractivity contribution in [1.29, 1.82) is 0 Å². The molecule has 2 unspecified atom stereocenters. The lowest BCUT2D eigenvalue weighted by Gasteiger charge is -2.38. The summed E-state index contributed by atoms with van der Waals surface area (Å²) in [4.78, 5) is 7.20. The molecule has 2 rings (SSSR count). The van der Waals surface area contributed by atoms with Gasteiger partial charge in [-0.3, -0.25) is 9.89 Å². The molecule has 1 fully saturated rings. The zero-order chi connectivity index (χ0) is 22.0. The molecule has 1 aromatic rings. The molecule has 0 amide bonds. The molecule has 0 bridgehead atoms. The van der Waals surface area contributed by atoms with Crippen molar-refractivity contribution >= 4 is 16.0 Å². The van der Waals surface area contributed by atoms with Crippen LogP contribution in [0.3, 0.4) is 0 Å². The van der Waals surface area contributed by atoms with Crippen molar-refractivity contribution in [3.63, 3.8) is 0 Å². The van der Waals surface area contributed by atoms with E-state index >= 15 is 0 Å². The van der Waals surface area contributed by atoms with Gasteiger partial charge in [-0.2, -0.15) is 0 Å². The van der Waals surface area contributed by atoms with Crippen LogP contribution in [0.5, 0.6) is 0 Å². The normalized spacial score (nSPS) is 21.0. The second-order valence-corrected chi connectivity index (χ2v) is 10.4. The highest BCUT2D eigenvalue weighted by Crippen LogP contribution is 2.19. The van der Waals surface area contributed by atoms with E-state index in [0.29, 0.717) is 31.6 Å². The van der Waals surface area contributed by atoms with Crippen LogP contribution in [0.15, 0.2) is 35.3 Å². The Morgan fingerprint density at radius 2 is 2.00 bits per heavy atom. The van der Waals surface area contributed by atoms with Crippen molar-refractivity contribution in [2.24, 2.45) is 4.99 Å². The van der Waals surface area contributed by atoms with Crippen molar-refractivity contribution in [2.75, 3.05) is 39.0 Å². The number of sulfonamides is 1. The van der Waals surface area contributed by atoms with Gasteiger partial charge >= 0.3 is 0 Å². The standard InChI is InChI=1S/C22H39N5O2S/c1-5-23-22(24-14-10-15-26(4)30(28,29)6-2)25-21-13-16-27(19(3)17-21)18-20-11-8-7-9-12-20/h7-9,11-12,19,21H,5-6,10,13-18H2,1-4H3,(H2,23,24,25). The topological polar surface area (TPSA) is 77.0 Å². The van der Waals surface area contributed by atoms with Crippen LogP contribution in [0.2, 0.25) is 0 Å². The maximum Gasteiger partial charge on any atom is 0.213 e. The highest BCUT2D eigenvalue weighted by molar-refractivity contribution is 7.89. The number of nitrogens with one attached hydrogen (secondary N) is 2. The fourth-order valence-corrected chi connectivity index (χ4v) is 4.61. The number of rotatable bonds is 10. The fraction of sp³-hybridized carbons (Fsp3) is 0.682. The molecule has 0 spiro atoms. The van der Waals surface area contributed by atoms with E-state index in [2.05, 4.69) is 64.7 Å². The van der Waals surface area contributed by atoms with E-state index < -0.39 is 10.0 Å². The van der Waals surface area contributed by atoms with Gasteiger partial charge in [0.1, 0.15) is 0 Å². The highest BCUT2D eigenvalue weighted by atomic mass is 32.2. The van der Waals surface area contributed by atoms with Gasteiger partial charge < -0.3 is 10.6 Å². The van der Waals surface area contributed by atoms with Crippen LogP contribution in [-0.2, 0) is 16.6 Å². The first-order chi connectivity index (χ1) is 14.4. The molecule has 7 nitrogen and oxygen atoms in total. The fourth-order valence-electron chi connectivity index (χ4n) is 3.76. The molecule has 0 aromatic heterocycles. The zero-order valence-electron chi connectivity index (χ0n) is 19.0. The molecular formula is C22H39N5O2S. The van der Waals surface area contributed by atoms with Gasteiger partial charge in [-0.15, -0.1) is 0 Å². The predicted octanol–water partition coefficient (Wildman–Crippen LogP) is 2.27. The summed E-state index contributed by atoms with van der Waals surface area (Å²) in [7, 11) is -1.48. The monoisotopic (exact) mass is 437 g/mol. The summed E-state index contributed by atoms with van der Waals surface area (Å²) in [6.45, 7) is 9.98. The number of aliphatic imine (C=N–C) groups is 1. The van der Waals surface area contributed by atoms with Gasteiger partial charge in [-0.1, -0.05) is 30.3 Å². The lowest BCUT2D eigenvalue weighted by atomic mass is 9.97. The summed E-state index contributed by atoms with van der Waals surface area (Å²) < 4.78 is 25.1. The molecule has 30 heavy (non-hydrogen) atoms. The van der Waals surface area contributed by atoms with Crippen molar-refractivity contribution in [3.8, 4) is 0 Å². The lowest BCUT2D eigenvalue weighted by Crippen LogP contribution is -2.51. The maximum absolute atomic E-state index is 11.8. The van der Waals surface area contributed by atoms with Gasteiger partial charge in [0.25, 0.3) is 0 Å². The van der Waals surface area contributed by atoms with Crippen LogP contribution >= 0.6 is 0 Å². The number of likely N-dealkylation sites (tertiary alicyclic amines) is 1. The third kappa shape index (κ3) is 7.89. The minimum atomic E-state index is -3.12. The van der Waals surface area contributed by atoms with Gasteiger partial charge in [0.05, 0.1) is 5.75 Å². The summed E-state index contributed by atoms with van der Waals surface area (Å²) in [5, 5.41) is 6.90. The van der Waals surface area contributed by atoms with Crippen LogP contribution < -0.4 is 10.6 Å². The Kier molecular flexibility index (Phi) is 10.1. The molecule has 170 valence electrons. The molecule has 2 N–H and O–H groups in total. The van der Waals surface area contributed by atoms with Crippen LogP contribution in [0.25, 0.3) is 0 Å².